The van der Waals surface area contributed by atoms with Crippen molar-refractivity contribution in [3.05, 3.63) is 53.4 Å². The quantitative estimate of drug-likeness (QED) is 0.845. The van der Waals surface area contributed by atoms with Gasteiger partial charge in [0.1, 0.15) is 0 Å². The van der Waals surface area contributed by atoms with Crippen molar-refractivity contribution in [2.24, 2.45) is 12.0 Å². The maximum Gasteiger partial charge on any atom is 0.0960 e. The fourth-order valence-electron chi connectivity index (χ4n) is 2.53. The molecule has 0 amide bonds. The van der Waals surface area contributed by atoms with Crippen molar-refractivity contribution in [2.75, 3.05) is 0 Å². The summed E-state index contributed by atoms with van der Waals surface area (Å²) >= 11 is 0. The van der Waals surface area contributed by atoms with Gasteiger partial charge in [-0.3, -0.25) is 15.1 Å². The Morgan fingerprint density at radius 1 is 1.30 bits per heavy atom. The zero-order valence-electron chi connectivity index (χ0n) is 11.8. The van der Waals surface area contributed by atoms with Crippen molar-refractivity contribution in [1.82, 2.24) is 9.78 Å². The molecule has 2 aromatic rings. The third kappa shape index (κ3) is 1.81. The Morgan fingerprint density at radius 3 is 2.85 bits per heavy atom. The van der Waals surface area contributed by atoms with Crippen LogP contribution < -0.4 is 0 Å². The molecule has 0 aliphatic carbocycles. The van der Waals surface area contributed by atoms with Gasteiger partial charge in [0.15, 0.2) is 0 Å². The van der Waals surface area contributed by atoms with Crippen molar-refractivity contribution in [3.63, 3.8) is 0 Å². The Hall–Kier alpha value is -2.49. The summed E-state index contributed by atoms with van der Waals surface area (Å²) in [5.74, 6) is 0. The summed E-state index contributed by atoms with van der Waals surface area (Å²) in [6, 6.07) is 3.99. The molecule has 0 unspecified atom stereocenters. The van der Waals surface area contributed by atoms with Crippen LogP contribution in [-0.2, 0) is 7.05 Å². The third-order valence-electron chi connectivity index (χ3n) is 3.62. The Bertz CT molecular complexity index is 803. The molecule has 0 saturated heterocycles. The Balaban J connectivity index is 2.20. The number of fused-ring (bicyclic) bond motifs is 1. The maximum absolute atomic E-state index is 8.28. The molecule has 0 bridgehead atoms. The van der Waals surface area contributed by atoms with E-state index in [4.69, 9.17) is 5.41 Å². The van der Waals surface area contributed by atoms with E-state index in [9.17, 15) is 0 Å². The van der Waals surface area contributed by atoms with Gasteiger partial charge in [-0.1, -0.05) is 12.1 Å². The molecule has 0 atom stereocenters. The topological polar surface area (TPSA) is 54.0 Å². The minimum Gasteiger partial charge on any atom is -0.298 e. The summed E-state index contributed by atoms with van der Waals surface area (Å²) in [7, 11) is 1.92. The molecule has 4 nitrogen and oxygen atoms in total. The first-order valence-electron chi connectivity index (χ1n) is 6.55. The molecule has 1 aliphatic heterocycles. The van der Waals surface area contributed by atoms with Crippen molar-refractivity contribution >= 4 is 22.3 Å². The maximum atomic E-state index is 8.28. The van der Waals surface area contributed by atoms with E-state index in [2.05, 4.69) is 17.0 Å². The lowest BCUT2D eigenvalue weighted by molar-refractivity contribution is 0.779. The number of aromatic nitrogens is 2. The number of nitrogens with zero attached hydrogens (tertiary/aromatic N) is 3. The molecular formula is C16H16N4. The molecule has 100 valence electrons. The van der Waals surface area contributed by atoms with E-state index < -0.39 is 0 Å². The highest BCUT2D eigenvalue weighted by Gasteiger charge is 2.18. The summed E-state index contributed by atoms with van der Waals surface area (Å²) in [4.78, 5) is 4.40. The Kier molecular flexibility index (Phi) is 2.86. The van der Waals surface area contributed by atoms with Crippen molar-refractivity contribution in [2.45, 2.75) is 13.8 Å². The molecule has 4 heteroatoms. The first-order chi connectivity index (χ1) is 9.61. The molecule has 0 fully saturated rings. The minimum atomic E-state index is 0.473. The van der Waals surface area contributed by atoms with E-state index in [0.29, 0.717) is 5.71 Å². The lowest BCUT2D eigenvalue weighted by atomic mass is 9.93. The van der Waals surface area contributed by atoms with Crippen LogP contribution in [0.2, 0.25) is 0 Å². The largest absolute Gasteiger partial charge is 0.298 e. The molecule has 0 spiro atoms. The van der Waals surface area contributed by atoms with Crippen molar-refractivity contribution in [3.8, 4) is 0 Å². The summed E-state index contributed by atoms with van der Waals surface area (Å²) in [6.07, 6.45) is 7.57. The monoisotopic (exact) mass is 264 g/mol. The minimum absolute atomic E-state index is 0.473. The average molecular weight is 264 g/mol. The van der Waals surface area contributed by atoms with Crippen LogP contribution >= 0.6 is 0 Å². The fourth-order valence-corrected chi connectivity index (χ4v) is 2.53. The summed E-state index contributed by atoms with van der Waals surface area (Å²) in [6.45, 7) is 4.00. The van der Waals surface area contributed by atoms with Crippen LogP contribution in [-0.4, -0.2) is 21.2 Å². The van der Waals surface area contributed by atoms with Crippen molar-refractivity contribution in [1.29, 1.82) is 5.41 Å². The molecule has 1 aromatic heterocycles. The summed E-state index contributed by atoms with van der Waals surface area (Å²) in [5.41, 5.74) is 5.19. The fraction of sp³-hybridized carbons (Fsp3) is 0.188. The number of rotatable bonds is 1. The smallest absolute Gasteiger partial charge is 0.0960 e. The van der Waals surface area contributed by atoms with Gasteiger partial charge in [0.25, 0.3) is 0 Å². The molecule has 1 N–H and O–H groups in total. The van der Waals surface area contributed by atoms with E-state index in [0.717, 1.165) is 33.3 Å². The van der Waals surface area contributed by atoms with E-state index in [-0.39, 0.29) is 0 Å². The number of aliphatic imine (C=N–C) groups is 1. The SMILES string of the molecule is C/C=C1/C=CN=C(c2ccc3nn(C)cc3c2C)C1=N. The first kappa shape index (κ1) is 12.5. The first-order valence-corrected chi connectivity index (χ1v) is 6.55. The van der Waals surface area contributed by atoms with Gasteiger partial charge in [-0.05, 0) is 37.1 Å². The molecule has 0 saturated carbocycles. The average Bonchev–Trinajstić information content (AvgIpc) is 2.82. The molecule has 1 aromatic carbocycles. The number of allylic oxidation sites excluding steroid dienone is 3. The predicted octanol–water partition coefficient (Wildman–Crippen LogP) is 3.16. The zero-order valence-corrected chi connectivity index (χ0v) is 11.8. The molecule has 2 heterocycles. The van der Waals surface area contributed by atoms with Gasteiger partial charge in [0.2, 0.25) is 0 Å². The number of hydrogen-bond acceptors (Lipinski definition) is 3. The van der Waals surface area contributed by atoms with E-state index >= 15 is 0 Å². The number of benzene rings is 1. The Labute approximate surface area is 117 Å². The second-order valence-corrected chi connectivity index (χ2v) is 4.89. The predicted molar refractivity (Wildman–Crippen MR) is 82.6 cm³/mol. The van der Waals surface area contributed by atoms with Crippen molar-refractivity contribution < 1.29 is 0 Å². The number of hydrogen-bond donors (Lipinski definition) is 1. The highest BCUT2D eigenvalue weighted by molar-refractivity contribution is 6.54. The van der Waals surface area contributed by atoms with Crippen LogP contribution in [0.5, 0.6) is 0 Å². The lowest BCUT2D eigenvalue weighted by Gasteiger charge is -2.14. The van der Waals surface area contributed by atoms with Crippen LogP contribution in [0.15, 0.2) is 47.2 Å². The van der Waals surface area contributed by atoms with Gasteiger partial charge >= 0.3 is 0 Å². The van der Waals surface area contributed by atoms with Crippen LogP contribution in [0.4, 0.5) is 0 Å². The van der Waals surface area contributed by atoms with Crippen LogP contribution in [0.1, 0.15) is 18.1 Å². The van der Waals surface area contributed by atoms with Gasteiger partial charge in [-0.2, -0.15) is 5.10 Å². The second kappa shape index (κ2) is 4.56. The van der Waals surface area contributed by atoms with Gasteiger partial charge in [0.05, 0.1) is 16.9 Å². The molecule has 0 radical (unpaired) electrons. The molecule has 1 aliphatic rings. The highest BCUT2D eigenvalue weighted by atomic mass is 15.2. The summed E-state index contributed by atoms with van der Waals surface area (Å²) < 4.78 is 1.81. The third-order valence-corrected chi connectivity index (χ3v) is 3.62. The van der Waals surface area contributed by atoms with E-state index in [1.54, 1.807) is 6.20 Å². The molecular weight excluding hydrogens is 248 g/mol. The zero-order chi connectivity index (χ0) is 14.3. The summed E-state index contributed by atoms with van der Waals surface area (Å²) in [5, 5.41) is 13.8. The van der Waals surface area contributed by atoms with E-state index in [1.807, 2.05) is 49.1 Å². The molecule has 20 heavy (non-hydrogen) atoms. The van der Waals surface area contributed by atoms with Crippen LogP contribution in [0.25, 0.3) is 10.9 Å². The highest BCUT2D eigenvalue weighted by Crippen LogP contribution is 2.23. The normalized spacial score (nSPS) is 17.1. The lowest BCUT2D eigenvalue weighted by Crippen LogP contribution is -2.19. The van der Waals surface area contributed by atoms with Gasteiger partial charge < -0.3 is 0 Å². The van der Waals surface area contributed by atoms with Crippen LogP contribution in [0, 0.1) is 12.3 Å². The van der Waals surface area contributed by atoms with Crippen LogP contribution in [0.3, 0.4) is 0 Å². The van der Waals surface area contributed by atoms with Gasteiger partial charge in [-0.25, -0.2) is 0 Å². The van der Waals surface area contributed by atoms with E-state index in [1.165, 1.54) is 0 Å². The van der Waals surface area contributed by atoms with Gasteiger partial charge in [0, 0.05) is 30.4 Å². The number of aryl methyl sites for hydroxylation is 2. The number of nitrogens with one attached hydrogen (secondary N) is 1. The standard InChI is InChI=1S/C16H16N4/c1-4-11-7-8-18-16(15(11)17)12-5-6-14-13(10(12)2)9-20(3)19-14/h4-9,17H,1-3H3/b11-4-,17-15?. The van der Waals surface area contributed by atoms with Gasteiger partial charge in [-0.15, -0.1) is 0 Å². The molecule has 3 rings (SSSR count). The second-order valence-electron chi connectivity index (χ2n) is 4.89. The Morgan fingerprint density at radius 2 is 2.10 bits per heavy atom.